The van der Waals surface area contributed by atoms with Crippen LogP contribution in [0.1, 0.15) is 37.0 Å². The van der Waals surface area contributed by atoms with Crippen molar-refractivity contribution in [1.29, 1.82) is 0 Å². The van der Waals surface area contributed by atoms with Crippen molar-refractivity contribution in [3.8, 4) is 0 Å². The number of fused-ring (bicyclic) bond motifs is 1. The van der Waals surface area contributed by atoms with Gasteiger partial charge in [0.25, 0.3) is 5.91 Å². The number of primary amides is 1. The Bertz CT molecular complexity index is 1350. The van der Waals surface area contributed by atoms with E-state index < -0.39 is 29.7 Å². The highest BCUT2D eigenvalue weighted by Crippen LogP contribution is 2.48. The molecule has 1 aliphatic heterocycles. The normalized spacial score (nSPS) is 16.2. The summed E-state index contributed by atoms with van der Waals surface area (Å²) in [5.41, 5.74) is 8.29. The highest BCUT2D eigenvalue weighted by Gasteiger charge is 2.58. The largest absolute Gasteiger partial charge is 0.351 e. The zero-order valence-electron chi connectivity index (χ0n) is 23.3. The topological polar surface area (TPSA) is 114 Å². The van der Waals surface area contributed by atoms with Crippen molar-refractivity contribution < 1.29 is 23.9 Å². The molecule has 1 heterocycles. The fourth-order valence-corrected chi connectivity index (χ4v) is 5.13. The molecule has 0 saturated heterocycles. The molecule has 0 saturated carbocycles. The van der Waals surface area contributed by atoms with Crippen LogP contribution in [-0.2, 0) is 24.6 Å². The number of ether oxygens (including phenoxy) is 2. The lowest BCUT2D eigenvalue weighted by molar-refractivity contribution is -0.137. The number of nitrogens with two attached hydrogens (primary N) is 1. The third-order valence-electron chi connectivity index (χ3n) is 6.92. The third-order valence-corrected chi connectivity index (χ3v) is 6.92. The van der Waals surface area contributed by atoms with E-state index in [2.05, 4.69) is 5.32 Å². The van der Waals surface area contributed by atoms with Gasteiger partial charge in [0, 0.05) is 30.2 Å². The average Bonchev–Trinajstić information content (AvgIpc) is 3.14. The van der Waals surface area contributed by atoms with Gasteiger partial charge in [0.15, 0.2) is 11.8 Å². The minimum atomic E-state index is -1.75. The van der Waals surface area contributed by atoms with Crippen molar-refractivity contribution in [3.05, 3.63) is 89.5 Å². The lowest BCUT2D eigenvalue weighted by Gasteiger charge is -2.39. The number of amides is 4. The molecule has 0 bridgehead atoms. The van der Waals surface area contributed by atoms with Crippen molar-refractivity contribution in [1.82, 2.24) is 0 Å². The van der Waals surface area contributed by atoms with E-state index in [1.165, 1.54) is 9.80 Å². The van der Waals surface area contributed by atoms with Crippen LogP contribution >= 0.6 is 0 Å². The summed E-state index contributed by atoms with van der Waals surface area (Å²) < 4.78 is 11.5. The van der Waals surface area contributed by atoms with Gasteiger partial charge in [-0.05, 0) is 58.0 Å². The second-order valence-electron chi connectivity index (χ2n) is 9.73. The maximum absolute atomic E-state index is 14.6. The van der Waals surface area contributed by atoms with Crippen LogP contribution < -0.4 is 20.9 Å². The van der Waals surface area contributed by atoms with Gasteiger partial charge >= 0.3 is 6.03 Å². The number of nitrogens with one attached hydrogen (secondary N) is 1. The molecule has 210 valence electrons. The Labute approximate surface area is 234 Å². The Balaban J connectivity index is 1.86. The first-order chi connectivity index (χ1) is 19.2. The zero-order valence-corrected chi connectivity index (χ0v) is 23.3. The van der Waals surface area contributed by atoms with E-state index in [1.54, 1.807) is 48.5 Å². The molecule has 3 aromatic rings. The van der Waals surface area contributed by atoms with E-state index in [0.717, 1.165) is 11.1 Å². The van der Waals surface area contributed by atoms with E-state index >= 15 is 0 Å². The highest BCUT2D eigenvalue weighted by atomic mass is 16.7. The van der Waals surface area contributed by atoms with E-state index in [-0.39, 0.29) is 13.0 Å². The van der Waals surface area contributed by atoms with E-state index in [1.807, 2.05) is 52.0 Å². The molecule has 1 aliphatic rings. The van der Waals surface area contributed by atoms with Crippen LogP contribution in [0.15, 0.2) is 72.8 Å². The molecule has 0 fully saturated rings. The smallest absolute Gasteiger partial charge is 0.320 e. The molecule has 4 rings (SSSR count). The van der Waals surface area contributed by atoms with Gasteiger partial charge in [-0.15, -0.1) is 0 Å². The molecule has 9 nitrogen and oxygen atoms in total. The van der Waals surface area contributed by atoms with Gasteiger partial charge in [0.05, 0.1) is 18.7 Å². The fourth-order valence-electron chi connectivity index (χ4n) is 5.13. The van der Waals surface area contributed by atoms with E-state index in [9.17, 15) is 14.4 Å². The van der Waals surface area contributed by atoms with Gasteiger partial charge in [-0.25, -0.2) is 4.79 Å². The van der Waals surface area contributed by atoms with Gasteiger partial charge < -0.3 is 25.4 Å². The first-order valence-corrected chi connectivity index (χ1v) is 13.4. The maximum Gasteiger partial charge on any atom is 0.320 e. The lowest BCUT2D eigenvalue weighted by Crippen LogP contribution is -2.59. The number of rotatable bonds is 11. The summed E-state index contributed by atoms with van der Waals surface area (Å²) in [5.74, 6) is -0.921. The van der Waals surface area contributed by atoms with Crippen LogP contribution in [-0.4, -0.2) is 43.9 Å². The Morgan fingerprint density at radius 1 is 0.925 bits per heavy atom. The van der Waals surface area contributed by atoms with Crippen molar-refractivity contribution in [2.75, 3.05) is 34.9 Å². The predicted molar refractivity (Wildman–Crippen MR) is 155 cm³/mol. The predicted octanol–water partition coefficient (Wildman–Crippen LogP) is 4.86. The molecule has 4 amide bonds. The summed E-state index contributed by atoms with van der Waals surface area (Å²) in [4.78, 5) is 44.3. The minimum absolute atomic E-state index is 0.0688. The monoisotopic (exact) mass is 544 g/mol. The second-order valence-corrected chi connectivity index (χ2v) is 9.73. The average molecular weight is 545 g/mol. The number of carbonyl (C=O) groups excluding carboxylic acids is 3. The number of anilines is 3. The highest BCUT2D eigenvalue weighted by molar-refractivity contribution is 6.16. The van der Waals surface area contributed by atoms with Crippen LogP contribution in [0.4, 0.5) is 21.9 Å². The summed E-state index contributed by atoms with van der Waals surface area (Å²) in [6.45, 7) is 8.40. The number of hydrogen-bond acceptors (Lipinski definition) is 5. The van der Waals surface area contributed by atoms with Gasteiger partial charge in [-0.2, -0.15) is 0 Å². The summed E-state index contributed by atoms with van der Waals surface area (Å²) >= 11 is 0. The molecular formula is C31H36N4O5. The summed E-state index contributed by atoms with van der Waals surface area (Å²) in [5, 5.41) is 2.88. The summed E-state index contributed by atoms with van der Waals surface area (Å²) in [6.07, 6.45) is -1.07. The van der Waals surface area contributed by atoms with Crippen LogP contribution in [0, 0.1) is 13.8 Å². The number of hydrogen-bond donors (Lipinski definition) is 2. The Hall–Kier alpha value is -4.21. The number of aryl methyl sites for hydroxylation is 2. The molecular weight excluding hydrogens is 508 g/mol. The molecule has 0 unspecified atom stereocenters. The van der Waals surface area contributed by atoms with Crippen LogP contribution in [0.2, 0.25) is 0 Å². The van der Waals surface area contributed by atoms with Gasteiger partial charge in [0.1, 0.15) is 0 Å². The molecule has 0 radical (unpaired) electrons. The first kappa shape index (κ1) is 28.8. The third kappa shape index (κ3) is 5.71. The second kappa shape index (κ2) is 12.3. The lowest BCUT2D eigenvalue weighted by atomic mass is 9.84. The van der Waals surface area contributed by atoms with Gasteiger partial charge in [-0.1, -0.05) is 53.6 Å². The molecule has 3 aromatic carbocycles. The molecule has 0 aromatic heterocycles. The fraction of sp³-hybridized carbons (Fsp3) is 0.323. The minimum Gasteiger partial charge on any atom is -0.351 e. The summed E-state index contributed by atoms with van der Waals surface area (Å²) in [7, 11) is 0. The Morgan fingerprint density at radius 3 is 2.08 bits per heavy atom. The van der Waals surface area contributed by atoms with E-state index in [0.29, 0.717) is 35.8 Å². The van der Waals surface area contributed by atoms with Crippen molar-refractivity contribution in [2.24, 2.45) is 5.73 Å². The molecule has 0 aliphatic carbocycles. The first-order valence-electron chi connectivity index (χ1n) is 13.4. The Kier molecular flexibility index (Phi) is 8.86. The molecule has 0 spiro atoms. The van der Waals surface area contributed by atoms with Crippen molar-refractivity contribution in [3.63, 3.8) is 0 Å². The molecule has 9 heteroatoms. The van der Waals surface area contributed by atoms with Gasteiger partial charge in [0.2, 0.25) is 5.91 Å². The zero-order chi connectivity index (χ0) is 28.9. The van der Waals surface area contributed by atoms with Crippen molar-refractivity contribution >= 4 is 34.9 Å². The molecule has 40 heavy (non-hydrogen) atoms. The number of urea groups is 1. The van der Waals surface area contributed by atoms with Crippen molar-refractivity contribution in [2.45, 2.75) is 45.9 Å². The number of carbonyl (C=O) groups is 3. The summed E-state index contributed by atoms with van der Waals surface area (Å²) in [6, 6.07) is 20.7. The van der Waals surface area contributed by atoms with Crippen LogP contribution in [0.5, 0.6) is 0 Å². The standard InChI is InChI=1S/C31H36N4O5/c1-5-39-28(40-6-2)20-34-26-10-8-7-9-25(26)31(29(34)37,19-27(36)33-23-15-11-21(3)12-16-23)35(30(32)38)24-17-13-22(4)14-18-24/h7-18,28H,5-6,19-20H2,1-4H3,(H2,32,38)(H,33,36)/t31-/m1/s1. The number of para-hydroxylation sites is 1. The maximum atomic E-state index is 14.6. The number of nitrogens with zero attached hydrogens (tertiary/aromatic N) is 2. The Morgan fingerprint density at radius 2 is 1.50 bits per heavy atom. The van der Waals surface area contributed by atoms with Crippen LogP contribution in [0.25, 0.3) is 0 Å². The molecule has 3 N–H and O–H groups in total. The van der Waals surface area contributed by atoms with Crippen LogP contribution in [0.3, 0.4) is 0 Å². The number of benzene rings is 3. The molecule has 1 atom stereocenters. The van der Waals surface area contributed by atoms with E-state index in [4.69, 9.17) is 15.2 Å². The van der Waals surface area contributed by atoms with Gasteiger partial charge in [-0.3, -0.25) is 14.5 Å². The SMILES string of the molecule is CCOC(CN1C(=O)[C@](CC(=O)Nc2ccc(C)cc2)(N(C(N)=O)c2ccc(C)cc2)c2ccccc21)OCC. The quantitative estimate of drug-likeness (QED) is 0.335.